The Balaban J connectivity index is 1.55. The van der Waals surface area contributed by atoms with E-state index < -0.39 is 0 Å². The standard InChI is InChI=1S/C21H28N2O/c24-16-5-4-13-22-20-11-14-23(15-12-20)21-10-6-9-19(17-21)18-7-2-1-3-8-18/h1-3,6-10,17,20,22,24H,4-5,11-16H2. The maximum Gasteiger partial charge on any atom is 0.0431 e. The van der Waals surface area contributed by atoms with Gasteiger partial charge in [0, 0.05) is 31.4 Å². The van der Waals surface area contributed by atoms with Crippen molar-refractivity contribution in [1.82, 2.24) is 5.32 Å². The summed E-state index contributed by atoms with van der Waals surface area (Å²) in [5.74, 6) is 0. The van der Waals surface area contributed by atoms with Gasteiger partial charge in [-0.05, 0) is 55.5 Å². The Morgan fingerprint density at radius 3 is 2.42 bits per heavy atom. The molecule has 3 nitrogen and oxygen atoms in total. The van der Waals surface area contributed by atoms with Crippen LogP contribution in [-0.4, -0.2) is 37.4 Å². The molecule has 1 fully saturated rings. The number of aliphatic hydroxyl groups is 1. The number of benzene rings is 2. The summed E-state index contributed by atoms with van der Waals surface area (Å²) in [6.07, 6.45) is 4.34. The van der Waals surface area contributed by atoms with E-state index in [0.29, 0.717) is 12.6 Å². The van der Waals surface area contributed by atoms with Crippen molar-refractivity contribution in [2.45, 2.75) is 31.7 Å². The van der Waals surface area contributed by atoms with Crippen LogP contribution < -0.4 is 10.2 Å². The van der Waals surface area contributed by atoms with E-state index in [9.17, 15) is 0 Å². The second-order valence-corrected chi connectivity index (χ2v) is 6.56. The first-order valence-electron chi connectivity index (χ1n) is 9.11. The van der Waals surface area contributed by atoms with Crippen molar-refractivity contribution in [3.63, 3.8) is 0 Å². The van der Waals surface area contributed by atoms with E-state index in [0.717, 1.165) is 32.5 Å². The van der Waals surface area contributed by atoms with Crippen molar-refractivity contribution >= 4 is 5.69 Å². The summed E-state index contributed by atoms with van der Waals surface area (Å²) < 4.78 is 0. The van der Waals surface area contributed by atoms with Gasteiger partial charge in [-0.1, -0.05) is 42.5 Å². The summed E-state index contributed by atoms with van der Waals surface area (Å²) in [6.45, 7) is 3.54. The van der Waals surface area contributed by atoms with Gasteiger partial charge in [0.25, 0.3) is 0 Å². The molecule has 2 aromatic carbocycles. The third-order valence-electron chi connectivity index (χ3n) is 4.83. The van der Waals surface area contributed by atoms with Crippen LogP contribution in [0.1, 0.15) is 25.7 Å². The van der Waals surface area contributed by atoms with E-state index in [2.05, 4.69) is 64.8 Å². The van der Waals surface area contributed by atoms with E-state index in [1.807, 2.05) is 0 Å². The number of unbranched alkanes of at least 4 members (excludes halogenated alkanes) is 1. The molecule has 3 heteroatoms. The number of nitrogens with one attached hydrogen (secondary N) is 1. The zero-order valence-electron chi connectivity index (χ0n) is 14.3. The summed E-state index contributed by atoms with van der Waals surface area (Å²) in [5, 5.41) is 12.5. The fourth-order valence-electron chi connectivity index (χ4n) is 3.40. The molecular formula is C21H28N2O. The second-order valence-electron chi connectivity index (χ2n) is 6.56. The van der Waals surface area contributed by atoms with Crippen LogP contribution in [0.5, 0.6) is 0 Å². The lowest BCUT2D eigenvalue weighted by molar-refractivity contribution is 0.281. The summed E-state index contributed by atoms with van der Waals surface area (Å²) in [7, 11) is 0. The molecule has 3 rings (SSSR count). The van der Waals surface area contributed by atoms with Gasteiger partial charge >= 0.3 is 0 Å². The van der Waals surface area contributed by atoms with E-state index in [4.69, 9.17) is 5.11 Å². The molecule has 0 bridgehead atoms. The van der Waals surface area contributed by atoms with Gasteiger partial charge in [-0.15, -0.1) is 0 Å². The molecule has 2 N–H and O–H groups in total. The van der Waals surface area contributed by atoms with Crippen molar-refractivity contribution in [3.8, 4) is 11.1 Å². The Morgan fingerprint density at radius 1 is 0.917 bits per heavy atom. The first-order chi connectivity index (χ1) is 11.9. The smallest absolute Gasteiger partial charge is 0.0431 e. The van der Waals surface area contributed by atoms with Crippen LogP contribution in [0.15, 0.2) is 54.6 Å². The fourth-order valence-corrected chi connectivity index (χ4v) is 3.40. The molecule has 1 heterocycles. The van der Waals surface area contributed by atoms with Gasteiger partial charge < -0.3 is 15.3 Å². The van der Waals surface area contributed by atoms with Crippen LogP contribution in [0.3, 0.4) is 0 Å². The van der Waals surface area contributed by atoms with Crippen LogP contribution in [0.25, 0.3) is 11.1 Å². The topological polar surface area (TPSA) is 35.5 Å². The van der Waals surface area contributed by atoms with Crippen molar-refractivity contribution < 1.29 is 5.11 Å². The largest absolute Gasteiger partial charge is 0.396 e. The maximum absolute atomic E-state index is 8.83. The fraction of sp³-hybridized carbons (Fsp3) is 0.429. The summed E-state index contributed by atoms with van der Waals surface area (Å²) >= 11 is 0. The molecule has 0 amide bonds. The molecule has 1 aliphatic heterocycles. The van der Waals surface area contributed by atoms with Crippen LogP contribution in [0.4, 0.5) is 5.69 Å². The highest BCUT2D eigenvalue weighted by atomic mass is 16.2. The lowest BCUT2D eigenvalue weighted by Crippen LogP contribution is -2.42. The van der Waals surface area contributed by atoms with Gasteiger partial charge in [0.05, 0.1) is 0 Å². The van der Waals surface area contributed by atoms with Gasteiger partial charge in [0.1, 0.15) is 0 Å². The van der Waals surface area contributed by atoms with Crippen molar-refractivity contribution in [2.24, 2.45) is 0 Å². The minimum absolute atomic E-state index is 0.303. The molecule has 0 aromatic heterocycles. The van der Waals surface area contributed by atoms with Crippen LogP contribution in [0, 0.1) is 0 Å². The predicted octanol–water partition coefficient (Wildman–Crippen LogP) is 3.68. The van der Waals surface area contributed by atoms with Crippen LogP contribution in [-0.2, 0) is 0 Å². The SMILES string of the molecule is OCCCCNC1CCN(c2cccc(-c3ccccc3)c2)CC1. The molecule has 0 unspecified atom stereocenters. The Morgan fingerprint density at radius 2 is 1.67 bits per heavy atom. The number of hydrogen-bond donors (Lipinski definition) is 2. The molecule has 0 atom stereocenters. The summed E-state index contributed by atoms with van der Waals surface area (Å²) in [4.78, 5) is 2.50. The number of hydrogen-bond acceptors (Lipinski definition) is 3. The molecule has 1 aliphatic rings. The highest BCUT2D eigenvalue weighted by Gasteiger charge is 2.19. The molecule has 0 aliphatic carbocycles. The Kier molecular flexibility index (Phi) is 6.27. The number of nitrogens with zero attached hydrogens (tertiary/aromatic N) is 1. The zero-order chi connectivity index (χ0) is 16.6. The first-order valence-corrected chi connectivity index (χ1v) is 9.11. The van der Waals surface area contributed by atoms with Crippen molar-refractivity contribution in [2.75, 3.05) is 31.1 Å². The van der Waals surface area contributed by atoms with Gasteiger partial charge in [0.2, 0.25) is 0 Å². The van der Waals surface area contributed by atoms with Crippen LogP contribution >= 0.6 is 0 Å². The lowest BCUT2D eigenvalue weighted by atomic mass is 10.0. The quantitative estimate of drug-likeness (QED) is 0.763. The minimum atomic E-state index is 0.303. The van der Waals surface area contributed by atoms with E-state index in [1.165, 1.54) is 29.7 Å². The number of aliphatic hydroxyl groups excluding tert-OH is 1. The molecule has 0 saturated carbocycles. The molecule has 1 saturated heterocycles. The van der Waals surface area contributed by atoms with Gasteiger partial charge in [0.15, 0.2) is 0 Å². The average molecular weight is 324 g/mol. The zero-order valence-corrected chi connectivity index (χ0v) is 14.3. The normalized spacial score (nSPS) is 15.6. The number of rotatable bonds is 7. The second kappa shape index (κ2) is 8.86. The van der Waals surface area contributed by atoms with Gasteiger partial charge in [-0.2, -0.15) is 0 Å². The minimum Gasteiger partial charge on any atom is -0.396 e. The monoisotopic (exact) mass is 324 g/mol. The van der Waals surface area contributed by atoms with Gasteiger partial charge in [-0.25, -0.2) is 0 Å². The van der Waals surface area contributed by atoms with E-state index >= 15 is 0 Å². The highest BCUT2D eigenvalue weighted by Crippen LogP contribution is 2.26. The Labute approximate surface area is 145 Å². The Hall–Kier alpha value is -1.84. The summed E-state index contributed by atoms with van der Waals surface area (Å²) in [5.41, 5.74) is 3.90. The third-order valence-corrected chi connectivity index (χ3v) is 4.83. The average Bonchev–Trinajstić information content (AvgIpc) is 2.67. The van der Waals surface area contributed by atoms with Crippen LogP contribution in [0.2, 0.25) is 0 Å². The van der Waals surface area contributed by atoms with E-state index in [1.54, 1.807) is 0 Å². The first kappa shape index (κ1) is 17.0. The molecule has 0 radical (unpaired) electrons. The maximum atomic E-state index is 8.83. The highest BCUT2D eigenvalue weighted by molar-refractivity contribution is 5.68. The molecule has 24 heavy (non-hydrogen) atoms. The molecular weight excluding hydrogens is 296 g/mol. The predicted molar refractivity (Wildman–Crippen MR) is 101 cm³/mol. The molecule has 0 spiro atoms. The number of piperidine rings is 1. The Bertz CT molecular complexity index is 606. The van der Waals surface area contributed by atoms with Crippen molar-refractivity contribution in [1.29, 1.82) is 0 Å². The third kappa shape index (κ3) is 4.59. The van der Waals surface area contributed by atoms with Gasteiger partial charge in [-0.3, -0.25) is 0 Å². The number of anilines is 1. The molecule has 128 valence electrons. The lowest BCUT2D eigenvalue weighted by Gasteiger charge is -2.34. The molecule has 2 aromatic rings. The summed E-state index contributed by atoms with van der Waals surface area (Å²) in [6, 6.07) is 20.1. The van der Waals surface area contributed by atoms with E-state index in [-0.39, 0.29) is 0 Å². The van der Waals surface area contributed by atoms with Crippen molar-refractivity contribution in [3.05, 3.63) is 54.6 Å².